The lowest BCUT2D eigenvalue weighted by atomic mass is 10.0. The molecule has 0 N–H and O–H groups in total. The number of nitrogens with zero attached hydrogens (tertiary/aromatic N) is 3. The summed E-state index contributed by atoms with van der Waals surface area (Å²) in [4.78, 5) is 19.8. The maximum atomic E-state index is 12.5. The third-order valence-electron chi connectivity index (χ3n) is 6.73. The zero-order chi connectivity index (χ0) is 20.1. The summed E-state index contributed by atoms with van der Waals surface area (Å²) in [5.41, 5.74) is 4.18. The monoisotopic (exact) mass is 385 g/mol. The average molecular weight is 386 g/mol. The first kappa shape index (κ1) is 21.2. The summed E-state index contributed by atoms with van der Waals surface area (Å²) in [6.45, 7) is 15.3. The Kier molecular flexibility index (Phi) is 7.39. The Morgan fingerprint density at radius 3 is 2.50 bits per heavy atom. The number of carbonyl (C=O) groups is 1. The van der Waals surface area contributed by atoms with Crippen molar-refractivity contribution in [1.82, 2.24) is 9.80 Å². The van der Waals surface area contributed by atoms with Crippen LogP contribution in [-0.2, 0) is 4.79 Å². The Morgan fingerprint density at radius 2 is 1.79 bits per heavy atom. The minimum Gasteiger partial charge on any atom is -0.369 e. The predicted octanol–water partition coefficient (Wildman–Crippen LogP) is 4.24. The largest absolute Gasteiger partial charge is 0.369 e. The Balaban J connectivity index is 1.50. The quantitative estimate of drug-likeness (QED) is 0.733. The van der Waals surface area contributed by atoms with Gasteiger partial charge in [-0.3, -0.25) is 9.69 Å². The second-order valence-corrected chi connectivity index (χ2v) is 9.14. The van der Waals surface area contributed by atoms with Crippen molar-refractivity contribution in [3.05, 3.63) is 29.3 Å². The first-order chi connectivity index (χ1) is 13.5. The lowest BCUT2D eigenvalue weighted by molar-refractivity contribution is -0.130. The summed E-state index contributed by atoms with van der Waals surface area (Å²) >= 11 is 0. The maximum Gasteiger partial charge on any atom is 0.222 e. The van der Waals surface area contributed by atoms with Crippen molar-refractivity contribution < 1.29 is 4.79 Å². The SMILES string of the molecule is Cc1cccc(N2CCN(C3CCC(=O)N(CCCC(C)C)CC3)CC2)c1C. The number of aryl methyl sites for hydroxylation is 1. The molecule has 2 heterocycles. The van der Waals surface area contributed by atoms with Crippen molar-refractivity contribution >= 4 is 11.6 Å². The van der Waals surface area contributed by atoms with Gasteiger partial charge in [0.1, 0.15) is 0 Å². The van der Waals surface area contributed by atoms with Crippen molar-refractivity contribution in [2.45, 2.75) is 65.8 Å². The highest BCUT2D eigenvalue weighted by Crippen LogP contribution is 2.26. The molecule has 2 fully saturated rings. The first-order valence-electron chi connectivity index (χ1n) is 11.3. The molecule has 0 bridgehead atoms. The zero-order valence-corrected chi connectivity index (χ0v) is 18.4. The summed E-state index contributed by atoms with van der Waals surface area (Å²) < 4.78 is 0. The van der Waals surface area contributed by atoms with Crippen LogP contribution in [0, 0.1) is 19.8 Å². The molecule has 4 heteroatoms. The molecule has 0 aliphatic carbocycles. The highest BCUT2D eigenvalue weighted by atomic mass is 16.2. The van der Waals surface area contributed by atoms with Crippen LogP contribution in [0.4, 0.5) is 5.69 Å². The van der Waals surface area contributed by atoms with Crippen molar-refractivity contribution in [1.29, 1.82) is 0 Å². The van der Waals surface area contributed by atoms with Crippen LogP contribution in [0.3, 0.4) is 0 Å². The zero-order valence-electron chi connectivity index (χ0n) is 18.4. The van der Waals surface area contributed by atoms with E-state index in [0.29, 0.717) is 11.9 Å². The first-order valence-corrected chi connectivity index (χ1v) is 11.3. The molecule has 2 aliphatic rings. The number of rotatable bonds is 6. The number of carbonyl (C=O) groups excluding carboxylic acids is 1. The van der Waals surface area contributed by atoms with Crippen molar-refractivity contribution in [3.8, 4) is 0 Å². The van der Waals surface area contributed by atoms with Gasteiger partial charge in [-0.25, -0.2) is 0 Å². The molecular weight excluding hydrogens is 346 g/mol. The van der Waals surface area contributed by atoms with E-state index >= 15 is 0 Å². The molecule has 3 rings (SSSR count). The van der Waals surface area contributed by atoms with E-state index in [1.807, 2.05) is 0 Å². The van der Waals surface area contributed by atoms with Gasteiger partial charge in [-0.1, -0.05) is 26.0 Å². The number of amides is 1. The second kappa shape index (κ2) is 9.78. The summed E-state index contributed by atoms with van der Waals surface area (Å²) in [5.74, 6) is 1.10. The number of anilines is 1. The van der Waals surface area contributed by atoms with Gasteiger partial charge >= 0.3 is 0 Å². The minimum atomic E-state index is 0.375. The van der Waals surface area contributed by atoms with Gasteiger partial charge in [-0.2, -0.15) is 0 Å². The van der Waals surface area contributed by atoms with Crippen LogP contribution in [0.1, 0.15) is 57.1 Å². The number of hydrogen-bond donors (Lipinski definition) is 0. The van der Waals surface area contributed by atoms with Gasteiger partial charge in [-0.05, 0) is 62.6 Å². The Hall–Kier alpha value is -1.55. The van der Waals surface area contributed by atoms with E-state index in [4.69, 9.17) is 0 Å². The summed E-state index contributed by atoms with van der Waals surface area (Å²) in [5, 5.41) is 0. The molecule has 0 aromatic heterocycles. The molecule has 1 amide bonds. The number of benzene rings is 1. The van der Waals surface area contributed by atoms with Gasteiger partial charge in [0, 0.05) is 57.4 Å². The van der Waals surface area contributed by atoms with Gasteiger partial charge < -0.3 is 9.80 Å². The summed E-state index contributed by atoms with van der Waals surface area (Å²) in [6.07, 6.45) is 5.25. The maximum absolute atomic E-state index is 12.5. The predicted molar refractivity (Wildman–Crippen MR) is 118 cm³/mol. The highest BCUT2D eigenvalue weighted by molar-refractivity contribution is 5.76. The fourth-order valence-electron chi connectivity index (χ4n) is 4.72. The average Bonchev–Trinajstić information content (AvgIpc) is 2.86. The number of hydrogen-bond acceptors (Lipinski definition) is 3. The number of likely N-dealkylation sites (tertiary alicyclic amines) is 1. The van der Waals surface area contributed by atoms with Gasteiger partial charge in [0.25, 0.3) is 0 Å². The molecule has 2 aliphatic heterocycles. The van der Waals surface area contributed by atoms with Gasteiger partial charge in [-0.15, -0.1) is 0 Å². The van der Waals surface area contributed by atoms with Crippen LogP contribution >= 0.6 is 0 Å². The smallest absolute Gasteiger partial charge is 0.222 e. The molecule has 1 aromatic carbocycles. The van der Waals surface area contributed by atoms with Crippen LogP contribution in [0.5, 0.6) is 0 Å². The van der Waals surface area contributed by atoms with E-state index in [1.54, 1.807) is 0 Å². The fourth-order valence-corrected chi connectivity index (χ4v) is 4.72. The lowest BCUT2D eigenvalue weighted by Gasteiger charge is -2.40. The molecule has 0 spiro atoms. The molecular formula is C24H39N3O. The van der Waals surface area contributed by atoms with E-state index in [0.717, 1.165) is 70.9 Å². The molecule has 2 saturated heterocycles. The molecule has 28 heavy (non-hydrogen) atoms. The van der Waals surface area contributed by atoms with Crippen LogP contribution in [-0.4, -0.2) is 61.0 Å². The van der Waals surface area contributed by atoms with Gasteiger partial charge in [0.15, 0.2) is 0 Å². The molecule has 1 aromatic rings. The standard InChI is InChI=1S/C24H39N3O/c1-19(2)7-6-13-27-14-12-22(10-11-24(27)28)25-15-17-26(18-16-25)23-9-5-8-20(3)21(23)4/h5,8-9,19,22H,6-7,10-18H2,1-4H3. The molecule has 4 nitrogen and oxygen atoms in total. The molecule has 0 radical (unpaired) electrons. The third-order valence-corrected chi connectivity index (χ3v) is 6.73. The van der Waals surface area contributed by atoms with E-state index in [-0.39, 0.29) is 0 Å². The van der Waals surface area contributed by atoms with Crippen LogP contribution in [0.2, 0.25) is 0 Å². The number of piperazine rings is 1. The van der Waals surface area contributed by atoms with E-state index in [1.165, 1.54) is 23.2 Å². The van der Waals surface area contributed by atoms with Crippen LogP contribution < -0.4 is 4.90 Å². The molecule has 1 unspecified atom stereocenters. The second-order valence-electron chi connectivity index (χ2n) is 9.14. The fraction of sp³-hybridized carbons (Fsp3) is 0.708. The summed E-state index contributed by atoms with van der Waals surface area (Å²) in [7, 11) is 0. The minimum absolute atomic E-state index is 0.375. The topological polar surface area (TPSA) is 26.8 Å². The highest BCUT2D eigenvalue weighted by Gasteiger charge is 2.28. The van der Waals surface area contributed by atoms with Crippen LogP contribution in [0.25, 0.3) is 0 Å². The van der Waals surface area contributed by atoms with Crippen molar-refractivity contribution in [2.24, 2.45) is 5.92 Å². The Labute approximate surface area is 171 Å². The summed E-state index contributed by atoms with van der Waals surface area (Å²) in [6, 6.07) is 7.20. The van der Waals surface area contributed by atoms with E-state index < -0.39 is 0 Å². The van der Waals surface area contributed by atoms with Crippen LogP contribution in [0.15, 0.2) is 18.2 Å². The molecule has 1 atom stereocenters. The van der Waals surface area contributed by atoms with Gasteiger partial charge in [0.05, 0.1) is 0 Å². The van der Waals surface area contributed by atoms with Gasteiger partial charge in [0.2, 0.25) is 5.91 Å². The Morgan fingerprint density at radius 1 is 1.04 bits per heavy atom. The normalized spacial score (nSPS) is 22.0. The van der Waals surface area contributed by atoms with Crippen molar-refractivity contribution in [3.63, 3.8) is 0 Å². The molecule has 156 valence electrons. The van der Waals surface area contributed by atoms with Crippen molar-refractivity contribution in [2.75, 3.05) is 44.2 Å². The van der Waals surface area contributed by atoms with E-state index in [2.05, 4.69) is 60.6 Å². The third kappa shape index (κ3) is 5.28. The lowest BCUT2D eigenvalue weighted by Crippen LogP contribution is -2.50. The Bertz CT molecular complexity index is 649. The van der Waals surface area contributed by atoms with E-state index in [9.17, 15) is 4.79 Å². The molecule has 0 saturated carbocycles.